The molecule has 21 heteroatoms. The number of hydrogen-bond donors (Lipinski definition) is 0. The fourth-order valence-corrected chi connectivity index (χ4v) is 1.97. The zero-order valence-corrected chi connectivity index (χ0v) is 15.3. The van der Waals surface area contributed by atoms with Gasteiger partial charge in [0.2, 0.25) is 0 Å². The van der Waals surface area contributed by atoms with Gasteiger partial charge < -0.3 is 4.55 Å². The van der Waals surface area contributed by atoms with Gasteiger partial charge in [0.15, 0.2) is 0 Å². The normalized spacial score (nSPS) is 17.1. The first kappa shape index (κ1) is 30.9. The molecule has 3 nitrogen and oxygen atoms in total. The number of halogens is 17. The SMILES string of the molecule is CN(CCC(F)(F)C(F)(F)C(F)(F)C(F)(F)C(F)(F)C(F)(F)C(F)(F)C(F)(F)F)S(=O)[O-]. The average Bonchev–Trinajstić information content (AvgIpc) is 2.57. The third-order valence-electron chi connectivity index (χ3n) is 3.78. The van der Waals surface area contributed by atoms with Crippen LogP contribution in [0.2, 0.25) is 0 Å². The highest BCUT2D eigenvalue weighted by Crippen LogP contribution is 2.64. The van der Waals surface area contributed by atoms with Gasteiger partial charge in [-0.2, -0.15) is 74.6 Å². The number of nitrogens with zero attached hydrogens (tertiary/aromatic N) is 1. The lowest BCUT2D eigenvalue weighted by atomic mass is 9.88. The van der Waals surface area contributed by atoms with Crippen LogP contribution in [0.5, 0.6) is 0 Å². The van der Waals surface area contributed by atoms with Crippen LogP contribution in [-0.2, 0) is 11.3 Å². The maximum absolute atomic E-state index is 13.4. The predicted molar refractivity (Wildman–Crippen MR) is 66.9 cm³/mol. The smallest absolute Gasteiger partial charge is 0.460 e. The van der Waals surface area contributed by atoms with Crippen molar-refractivity contribution in [2.45, 2.75) is 54.1 Å². The third-order valence-corrected chi connectivity index (χ3v) is 4.47. The van der Waals surface area contributed by atoms with Crippen molar-refractivity contribution in [2.24, 2.45) is 0 Å². The minimum Gasteiger partial charge on any atom is -0.760 e. The van der Waals surface area contributed by atoms with Crippen LogP contribution in [0.25, 0.3) is 0 Å². The maximum atomic E-state index is 13.4. The fourth-order valence-electron chi connectivity index (χ4n) is 1.73. The van der Waals surface area contributed by atoms with Gasteiger partial charge in [-0.3, -0.25) is 4.21 Å². The molecule has 0 fully saturated rings. The van der Waals surface area contributed by atoms with Crippen molar-refractivity contribution in [1.82, 2.24) is 4.31 Å². The largest absolute Gasteiger partial charge is 0.760 e. The molecule has 1 unspecified atom stereocenters. The molecule has 0 radical (unpaired) electrons. The summed E-state index contributed by atoms with van der Waals surface area (Å²) in [6, 6.07) is 0. The quantitative estimate of drug-likeness (QED) is 0.286. The van der Waals surface area contributed by atoms with E-state index in [0.29, 0.717) is 7.05 Å². The summed E-state index contributed by atoms with van der Waals surface area (Å²) in [6.07, 6.45) is -10.6. The molecule has 0 spiro atoms. The van der Waals surface area contributed by atoms with Crippen LogP contribution in [0, 0.1) is 0 Å². The van der Waals surface area contributed by atoms with Crippen molar-refractivity contribution in [3.05, 3.63) is 0 Å². The Morgan fingerprint density at radius 3 is 1.16 bits per heavy atom. The molecule has 0 aromatic heterocycles. The zero-order chi connectivity index (χ0) is 26.6. The Labute approximate surface area is 167 Å². The minimum absolute atomic E-state index is 0.326. The summed E-state index contributed by atoms with van der Waals surface area (Å²) in [6.45, 7) is -1.88. The van der Waals surface area contributed by atoms with E-state index in [4.69, 9.17) is 0 Å². The first-order valence-corrected chi connectivity index (χ1v) is 8.13. The van der Waals surface area contributed by atoms with Crippen LogP contribution in [0.1, 0.15) is 6.42 Å². The number of alkyl halides is 17. The Bertz CT molecular complexity index is 703. The summed E-state index contributed by atoms with van der Waals surface area (Å²) >= 11 is -3.49. The van der Waals surface area contributed by atoms with Crippen LogP contribution in [0.4, 0.5) is 74.6 Å². The molecule has 0 aromatic carbocycles. The van der Waals surface area contributed by atoms with Crippen molar-refractivity contribution in [2.75, 3.05) is 13.6 Å². The van der Waals surface area contributed by atoms with Gasteiger partial charge in [-0.1, -0.05) is 0 Å². The summed E-state index contributed by atoms with van der Waals surface area (Å²) in [7, 11) is 0.331. The fraction of sp³-hybridized carbons (Fsp3) is 1.00. The molecule has 32 heavy (non-hydrogen) atoms. The molecule has 0 aliphatic heterocycles. The van der Waals surface area contributed by atoms with Crippen molar-refractivity contribution < 1.29 is 83.4 Å². The summed E-state index contributed by atoms with van der Waals surface area (Å²) in [4.78, 5) is 0. The van der Waals surface area contributed by atoms with E-state index in [1.54, 1.807) is 0 Å². The Kier molecular flexibility index (Phi) is 7.98. The van der Waals surface area contributed by atoms with Crippen molar-refractivity contribution in [1.29, 1.82) is 0 Å². The van der Waals surface area contributed by atoms with Gasteiger partial charge >= 0.3 is 47.6 Å². The molecule has 1 atom stereocenters. The van der Waals surface area contributed by atoms with Gasteiger partial charge in [0.25, 0.3) is 0 Å². The lowest BCUT2D eigenvalue weighted by Crippen LogP contribution is -2.74. The van der Waals surface area contributed by atoms with Crippen LogP contribution in [0.15, 0.2) is 0 Å². The van der Waals surface area contributed by atoms with E-state index in [-0.39, 0.29) is 4.31 Å². The van der Waals surface area contributed by atoms with Crippen LogP contribution < -0.4 is 0 Å². The molecular formula is C11H7F17NO2S-. The Morgan fingerprint density at radius 2 is 0.875 bits per heavy atom. The van der Waals surface area contributed by atoms with E-state index in [0.717, 1.165) is 0 Å². The van der Waals surface area contributed by atoms with Crippen LogP contribution in [0.3, 0.4) is 0 Å². The lowest BCUT2D eigenvalue weighted by molar-refractivity contribution is -0.461. The van der Waals surface area contributed by atoms with E-state index in [1.807, 2.05) is 0 Å². The monoisotopic (exact) mass is 540 g/mol. The number of hydrogen-bond acceptors (Lipinski definition) is 2. The maximum Gasteiger partial charge on any atom is 0.460 e. The Hall–Kier alpha value is -1.12. The van der Waals surface area contributed by atoms with Crippen LogP contribution >= 0.6 is 0 Å². The molecule has 0 rings (SSSR count). The summed E-state index contributed by atoms with van der Waals surface area (Å²) in [5.74, 6) is -56.9. The van der Waals surface area contributed by atoms with E-state index in [1.165, 1.54) is 0 Å². The van der Waals surface area contributed by atoms with Gasteiger partial charge in [-0.15, -0.1) is 0 Å². The van der Waals surface area contributed by atoms with Gasteiger partial charge in [-0.05, 0) is 7.05 Å². The first-order valence-electron chi connectivity index (χ1n) is 7.10. The molecule has 0 aromatic rings. The van der Waals surface area contributed by atoms with E-state index >= 15 is 0 Å². The summed E-state index contributed by atoms with van der Waals surface area (Å²) in [5, 5.41) is 0. The van der Waals surface area contributed by atoms with Gasteiger partial charge in [0.1, 0.15) is 0 Å². The summed E-state index contributed by atoms with van der Waals surface area (Å²) in [5.41, 5.74) is 0. The first-order chi connectivity index (χ1) is 13.6. The molecule has 0 heterocycles. The van der Waals surface area contributed by atoms with Gasteiger partial charge in [0.05, 0.1) is 0 Å². The third kappa shape index (κ3) is 4.34. The molecule has 0 bridgehead atoms. The minimum atomic E-state index is -8.69. The summed E-state index contributed by atoms with van der Waals surface area (Å²) < 4.78 is 241. The average molecular weight is 540 g/mol. The molecule has 0 amide bonds. The van der Waals surface area contributed by atoms with Gasteiger partial charge in [0, 0.05) is 24.2 Å². The Balaban J connectivity index is 6.50. The second kappa shape index (κ2) is 8.27. The topological polar surface area (TPSA) is 43.4 Å². The molecule has 0 saturated carbocycles. The standard InChI is InChI=1S/C11H8F17NO2S/c1-29(32(30)31)3-2-4(12,13)5(14,15)6(16,17)7(18,19)8(20,21)9(22,23)10(24,25)11(26,27)28/h2-3H2,1H3,(H,30,31)/p-1. The van der Waals surface area contributed by atoms with Crippen LogP contribution in [-0.4, -0.2) is 74.3 Å². The van der Waals surface area contributed by atoms with E-state index in [2.05, 4.69) is 0 Å². The van der Waals surface area contributed by atoms with Crippen molar-refractivity contribution >= 4 is 11.3 Å². The second-order valence-electron chi connectivity index (χ2n) is 5.97. The molecule has 0 aliphatic rings. The van der Waals surface area contributed by atoms with E-state index in [9.17, 15) is 83.4 Å². The number of rotatable bonds is 10. The predicted octanol–water partition coefficient (Wildman–Crippen LogP) is 5.11. The molecule has 0 saturated heterocycles. The highest BCUT2D eigenvalue weighted by molar-refractivity contribution is 7.76. The molecule has 0 aliphatic carbocycles. The molecular weight excluding hydrogens is 533 g/mol. The highest BCUT2D eigenvalue weighted by atomic mass is 32.2. The molecule has 0 N–H and O–H groups in total. The van der Waals surface area contributed by atoms with Crippen molar-refractivity contribution in [3.8, 4) is 0 Å². The lowest BCUT2D eigenvalue weighted by Gasteiger charge is -2.43. The Morgan fingerprint density at radius 1 is 0.594 bits per heavy atom. The highest BCUT2D eigenvalue weighted by Gasteiger charge is 2.95. The van der Waals surface area contributed by atoms with Crippen molar-refractivity contribution in [3.63, 3.8) is 0 Å². The molecule has 194 valence electrons. The van der Waals surface area contributed by atoms with Gasteiger partial charge in [-0.25, -0.2) is 4.31 Å². The van der Waals surface area contributed by atoms with E-state index < -0.39 is 71.9 Å². The second-order valence-corrected chi connectivity index (χ2v) is 7.02. The zero-order valence-electron chi connectivity index (χ0n) is 14.5.